The van der Waals surface area contributed by atoms with Crippen LogP contribution >= 0.6 is 11.6 Å². The van der Waals surface area contributed by atoms with Gasteiger partial charge in [-0.15, -0.1) is 6.42 Å². The van der Waals surface area contributed by atoms with Gasteiger partial charge in [-0.25, -0.2) is 4.98 Å². The maximum absolute atomic E-state index is 13.3. The molecule has 1 aliphatic heterocycles. The average Bonchev–Trinajstić information content (AvgIpc) is 3.57. The third kappa shape index (κ3) is 5.62. The Balaban J connectivity index is 1.43. The van der Waals surface area contributed by atoms with Gasteiger partial charge in [-0.05, 0) is 42.6 Å². The van der Waals surface area contributed by atoms with Crippen molar-refractivity contribution < 1.29 is 23.8 Å². The van der Waals surface area contributed by atoms with E-state index in [0.717, 1.165) is 11.1 Å². The topological polar surface area (TPSA) is 119 Å². The van der Waals surface area contributed by atoms with Crippen LogP contribution in [-0.2, 0) is 23.8 Å². The second-order valence-corrected chi connectivity index (χ2v) is 10.3. The molecule has 0 amide bonds. The van der Waals surface area contributed by atoms with Crippen LogP contribution in [0.15, 0.2) is 72.9 Å². The van der Waals surface area contributed by atoms with Crippen molar-refractivity contribution >= 4 is 40.4 Å². The van der Waals surface area contributed by atoms with Gasteiger partial charge in [0.25, 0.3) is 0 Å². The number of benzene rings is 2. The predicted molar refractivity (Wildman–Crippen MR) is 154 cm³/mol. The standard InChI is InChI=1S/C31H29ClN4O5/c1-4-31(18-39-28(37)19(2)21-11-7-5-8-12-21)24(40-29(38)20(3)22-13-9-6-10-14-22)17-25(41-31)36-16-15-23-26(33)34-30(32)35-27(23)36/h1,5-16,19-20,24-25H,17-18H2,2-3H3,(H2,33,34,35)/t19-,20-,24+,25-,31-/m1/s1. The van der Waals surface area contributed by atoms with Crippen molar-refractivity contribution in [3.05, 3.63) is 89.3 Å². The Hall–Kier alpha value is -4.39. The highest BCUT2D eigenvalue weighted by Gasteiger charge is 2.52. The van der Waals surface area contributed by atoms with Crippen LogP contribution in [0.5, 0.6) is 0 Å². The Morgan fingerprint density at radius 2 is 1.68 bits per heavy atom. The Morgan fingerprint density at radius 3 is 2.29 bits per heavy atom. The Labute approximate surface area is 242 Å². The summed E-state index contributed by atoms with van der Waals surface area (Å²) in [7, 11) is 0. The number of carbonyl (C=O) groups is 2. The number of aromatic nitrogens is 3. The molecular formula is C31H29ClN4O5. The minimum atomic E-state index is -1.57. The number of nitrogens with two attached hydrogens (primary N) is 1. The Kier molecular flexibility index (Phi) is 7.97. The molecule has 3 heterocycles. The summed E-state index contributed by atoms with van der Waals surface area (Å²) in [5.41, 5.74) is 6.49. The van der Waals surface area contributed by atoms with E-state index in [1.54, 1.807) is 30.7 Å². The van der Waals surface area contributed by atoms with E-state index in [1.807, 2.05) is 60.7 Å². The van der Waals surface area contributed by atoms with E-state index in [2.05, 4.69) is 15.9 Å². The number of nitrogens with zero attached hydrogens (tertiary/aromatic N) is 3. The zero-order chi connectivity index (χ0) is 29.1. The maximum Gasteiger partial charge on any atom is 0.313 e. The molecule has 210 valence electrons. The van der Waals surface area contributed by atoms with Gasteiger partial charge in [-0.3, -0.25) is 9.59 Å². The monoisotopic (exact) mass is 572 g/mol. The molecule has 10 heteroatoms. The number of ether oxygens (including phenoxy) is 3. The molecule has 2 aromatic heterocycles. The third-order valence-electron chi connectivity index (χ3n) is 7.40. The molecule has 0 unspecified atom stereocenters. The zero-order valence-corrected chi connectivity index (χ0v) is 23.3. The number of esters is 2. The molecule has 0 aliphatic carbocycles. The molecule has 5 rings (SSSR count). The fourth-order valence-corrected chi connectivity index (χ4v) is 5.08. The van der Waals surface area contributed by atoms with E-state index in [9.17, 15) is 9.59 Å². The highest BCUT2D eigenvalue weighted by atomic mass is 35.5. The molecule has 5 atom stereocenters. The van der Waals surface area contributed by atoms with Crippen molar-refractivity contribution in [3.63, 3.8) is 0 Å². The molecule has 2 aromatic carbocycles. The van der Waals surface area contributed by atoms with Crippen LogP contribution in [0.25, 0.3) is 11.0 Å². The molecule has 9 nitrogen and oxygen atoms in total. The van der Waals surface area contributed by atoms with E-state index >= 15 is 0 Å². The second kappa shape index (κ2) is 11.6. The van der Waals surface area contributed by atoms with Gasteiger partial charge >= 0.3 is 11.9 Å². The molecule has 1 aliphatic rings. The highest BCUT2D eigenvalue weighted by molar-refractivity contribution is 6.28. The van der Waals surface area contributed by atoms with E-state index in [1.165, 1.54) is 0 Å². The number of terminal acetylenes is 1. The minimum Gasteiger partial charge on any atom is -0.461 e. The first-order valence-corrected chi connectivity index (χ1v) is 13.5. The predicted octanol–water partition coefficient (Wildman–Crippen LogP) is 5.02. The summed E-state index contributed by atoms with van der Waals surface area (Å²) in [6.07, 6.45) is 6.25. The van der Waals surface area contributed by atoms with Gasteiger partial charge in [0.15, 0.2) is 0 Å². The number of carbonyl (C=O) groups excluding carboxylic acids is 2. The van der Waals surface area contributed by atoms with E-state index in [0.29, 0.717) is 11.0 Å². The summed E-state index contributed by atoms with van der Waals surface area (Å²) in [6, 6.07) is 20.3. The lowest BCUT2D eigenvalue weighted by Crippen LogP contribution is -2.46. The number of nitrogen functional groups attached to an aromatic ring is 1. The SMILES string of the molecule is C#C[C@]1(COC(=O)[C@H](C)c2ccccc2)O[C@@H](n2ccc3c(N)nc(Cl)nc32)C[C@@H]1OC(=O)[C@H](C)c1ccccc1. The van der Waals surface area contributed by atoms with E-state index in [4.69, 9.17) is 38.0 Å². The van der Waals surface area contributed by atoms with Gasteiger partial charge in [0.1, 0.15) is 30.4 Å². The van der Waals surface area contributed by atoms with Gasteiger partial charge in [-0.2, -0.15) is 4.98 Å². The fraction of sp³-hybridized carbons (Fsp3) is 0.290. The molecule has 1 fully saturated rings. The minimum absolute atomic E-state index is 0.0281. The summed E-state index contributed by atoms with van der Waals surface area (Å²) in [4.78, 5) is 34.7. The maximum atomic E-state index is 13.3. The van der Waals surface area contributed by atoms with Crippen molar-refractivity contribution in [2.45, 2.75) is 50.0 Å². The number of anilines is 1. The van der Waals surface area contributed by atoms with Crippen molar-refractivity contribution in [1.29, 1.82) is 0 Å². The first kappa shape index (κ1) is 28.1. The van der Waals surface area contributed by atoms with Crippen LogP contribution in [0.4, 0.5) is 5.82 Å². The molecule has 2 N–H and O–H groups in total. The first-order chi connectivity index (χ1) is 19.7. The van der Waals surface area contributed by atoms with Crippen LogP contribution in [0.2, 0.25) is 5.28 Å². The van der Waals surface area contributed by atoms with Gasteiger partial charge in [0, 0.05) is 12.6 Å². The number of halogens is 1. The van der Waals surface area contributed by atoms with Gasteiger partial charge < -0.3 is 24.5 Å². The average molecular weight is 573 g/mol. The Bertz CT molecular complexity index is 1600. The molecule has 0 spiro atoms. The second-order valence-electron chi connectivity index (χ2n) is 9.98. The van der Waals surface area contributed by atoms with Crippen molar-refractivity contribution in [1.82, 2.24) is 14.5 Å². The number of fused-ring (bicyclic) bond motifs is 1. The van der Waals surface area contributed by atoms with Crippen LogP contribution in [-0.4, -0.2) is 44.8 Å². The van der Waals surface area contributed by atoms with Gasteiger partial charge in [0.05, 0.1) is 17.2 Å². The lowest BCUT2D eigenvalue weighted by molar-refractivity contribution is -0.168. The lowest BCUT2D eigenvalue weighted by Gasteiger charge is -2.29. The Morgan fingerprint density at radius 1 is 1.07 bits per heavy atom. The zero-order valence-electron chi connectivity index (χ0n) is 22.6. The molecule has 0 bridgehead atoms. The summed E-state index contributed by atoms with van der Waals surface area (Å²) in [5, 5.41) is 0.546. The van der Waals surface area contributed by atoms with E-state index in [-0.39, 0.29) is 24.1 Å². The van der Waals surface area contributed by atoms with Crippen molar-refractivity contribution in [3.8, 4) is 12.3 Å². The molecule has 41 heavy (non-hydrogen) atoms. The van der Waals surface area contributed by atoms with Crippen LogP contribution in [0.3, 0.4) is 0 Å². The molecule has 4 aromatic rings. The number of hydrogen-bond donors (Lipinski definition) is 1. The summed E-state index contributed by atoms with van der Waals surface area (Å²) in [5.74, 6) is 0.766. The summed E-state index contributed by atoms with van der Waals surface area (Å²) >= 11 is 6.08. The highest BCUT2D eigenvalue weighted by Crippen LogP contribution is 2.41. The van der Waals surface area contributed by atoms with Crippen molar-refractivity contribution in [2.75, 3.05) is 12.3 Å². The van der Waals surface area contributed by atoms with Gasteiger partial charge in [0.2, 0.25) is 10.9 Å². The van der Waals surface area contributed by atoms with Crippen molar-refractivity contribution in [2.24, 2.45) is 0 Å². The smallest absolute Gasteiger partial charge is 0.313 e. The number of rotatable bonds is 8. The molecule has 0 saturated carbocycles. The van der Waals surface area contributed by atoms with Crippen LogP contribution < -0.4 is 5.73 Å². The first-order valence-electron chi connectivity index (χ1n) is 13.1. The number of hydrogen-bond acceptors (Lipinski definition) is 8. The normalized spacial score (nSPS) is 21.6. The summed E-state index contributed by atoms with van der Waals surface area (Å²) in [6.45, 7) is 3.17. The van der Waals surface area contributed by atoms with Gasteiger partial charge in [-0.1, -0.05) is 66.6 Å². The van der Waals surface area contributed by atoms with E-state index < -0.39 is 41.7 Å². The third-order valence-corrected chi connectivity index (χ3v) is 7.57. The largest absolute Gasteiger partial charge is 0.461 e. The lowest BCUT2D eigenvalue weighted by atomic mass is 9.97. The van der Waals surface area contributed by atoms with Crippen LogP contribution in [0.1, 0.15) is 49.5 Å². The summed E-state index contributed by atoms with van der Waals surface area (Å²) < 4.78 is 19.8. The molecular weight excluding hydrogens is 544 g/mol. The quantitative estimate of drug-likeness (QED) is 0.178. The molecule has 0 radical (unpaired) electrons. The fourth-order valence-electron chi connectivity index (χ4n) is 4.91. The van der Waals surface area contributed by atoms with Crippen LogP contribution in [0, 0.1) is 12.3 Å². The molecule has 1 saturated heterocycles.